The van der Waals surface area contributed by atoms with Gasteiger partial charge in [0.25, 0.3) is 0 Å². The lowest BCUT2D eigenvalue weighted by Crippen LogP contribution is -2.05. The third-order valence-corrected chi connectivity index (χ3v) is 3.87. The van der Waals surface area contributed by atoms with Crippen LogP contribution in [0.15, 0.2) is 82.0 Å². The van der Waals surface area contributed by atoms with Crippen LogP contribution >= 0.6 is 0 Å². The van der Waals surface area contributed by atoms with Crippen molar-refractivity contribution in [3.63, 3.8) is 0 Å². The first kappa shape index (κ1) is 15.9. The van der Waals surface area contributed by atoms with Crippen molar-refractivity contribution in [3.05, 3.63) is 88.8 Å². The zero-order chi connectivity index (χ0) is 17.9. The molecule has 0 unspecified atom stereocenters. The van der Waals surface area contributed by atoms with E-state index in [0.717, 1.165) is 17.0 Å². The Morgan fingerprint density at radius 3 is 2.42 bits per heavy atom. The molecule has 4 rings (SSSR count). The number of para-hydroxylation sites is 1. The van der Waals surface area contributed by atoms with Gasteiger partial charge in [-0.25, -0.2) is 4.79 Å². The van der Waals surface area contributed by atoms with Crippen LogP contribution in [0.2, 0.25) is 0 Å². The largest absolute Gasteiger partial charge is 0.457 e. The van der Waals surface area contributed by atoms with Crippen molar-refractivity contribution in [1.82, 2.24) is 4.98 Å². The summed E-state index contributed by atoms with van der Waals surface area (Å²) in [7, 11) is 0. The molecule has 0 fully saturated rings. The van der Waals surface area contributed by atoms with E-state index >= 15 is 0 Å². The summed E-state index contributed by atoms with van der Waals surface area (Å²) in [6.07, 6.45) is 0. The van der Waals surface area contributed by atoms with Crippen molar-refractivity contribution in [2.75, 3.05) is 5.32 Å². The second kappa shape index (κ2) is 6.72. The molecule has 1 N–H and O–H groups in total. The van der Waals surface area contributed by atoms with Gasteiger partial charge in [-0.15, -0.1) is 0 Å². The number of anilines is 2. The van der Waals surface area contributed by atoms with Gasteiger partial charge in [-0.05, 0) is 55.5 Å². The normalized spacial score (nSPS) is 10.7. The Bertz CT molecular complexity index is 1100. The Labute approximate surface area is 149 Å². The monoisotopic (exact) mass is 344 g/mol. The van der Waals surface area contributed by atoms with Crippen molar-refractivity contribution in [2.24, 2.45) is 0 Å². The smallest absolute Gasteiger partial charge is 0.348 e. The average Bonchev–Trinajstić information content (AvgIpc) is 2.65. The molecule has 0 aliphatic carbocycles. The minimum atomic E-state index is -0.412. The number of ether oxygens (including phenoxy) is 1. The maximum absolute atomic E-state index is 12.1. The molecule has 4 aromatic rings. The predicted molar refractivity (Wildman–Crippen MR) is 101 cm³/mol. The van der Waals surface area contributed by atoms with Crippen molar-refractivity contribution in [2.45, 2.75) is 6.92 Å². The molecule has 0 radical (unpaired) electrons. The molecule has 3 aromatic carbocycles. The fraction of sp³-hybridized carbons (Fsp3) is 0.0476. The Morgan fingerprint density at radius 1 is 0.923 bits per heavy atom. The zero-order valence-electron chi connectivity index (χ0n) is 14.1. The highest BCUT2D eigenvalue weighted by molar-refractivity contribution is 5.78. The number of rotatable bonds is 4. The van der Waals surface area contributed by atoms with E-state index in [2.05, 4.69) is 10.3 Å². The van der Waals surface area contributed by atoms with E-state index in [1.807, 2.05) is 73.7 Å². The lowest BCUT2D eigenvalue weighted by molar-refractivity contribution is 0.482. The van der Waals surface area contributed by atoms with Gasteiger partial charge >= 0.3 is 11.6 Å². The number of hydrogen-bond acceptors (Lipinski definition) is 5. The van der Waals surface area contributed by atoms with E-state index in [-0.39, 0.29) is 6.01 Å². The quantitative estimate of drug-likeness (QED) is 0.562. The third kappa shape index (κ3) is 3.42. The summed E-state index contributed by atoms with van der Waals surface area (Å²) in [5.74, 6) is 1.48. The summed E-state index contributed by atoms with van der Waals surface area (Å²) in [6.45, 7) is 1.92. The van der Waals surface area contributed by atoms with Gasteiger partial charge in [0.15, 0.2) is 0 Å². The molecule has 1 aromatic heterocycles. The van der Waals surface area contributed by atoms with Crippen LogP contribution in [0.4, 0.5) is 11.7 Å². The molecular formula is C21H16N2O3. The summed E-state index contributed by atoms with van der Waals surface area (Å²) in [5.41, 5.74) is 1.91. The van der Waals surface area contributed by atoms with E-state index in [4.69, 9.17) is 9.15 Å². The number of hydrogen-bond donors (Lipinski definition) is 1. The van der Waals surface area contributed by atoms with Crippen LogP contribution < -0.4 is 15.7 Å². The van der Waals surface area contributed by atoms with E-state index in [0.29, 0.717) is 16.7 Å². The van der Waals surface area contributed by atoms with Crippen LogP contribution in [0.25, 0.3) is 10.9 Å². The van der Waals surface area contributed by atoms with Gasteiger partial charge in [0.2, 0.25) is 0 Å². The first-order valence-electron chi connectivity index (χ1n) is 8.19. The Hall–Kier alpha value is -3.60. The minimum Gasteiger partial charge on any atom is -0.457 e. The maximum Gasteiger partial charge on any atom is 0.348 e. The second-order valence-electron chi connectivity index (χ2n) is 5.89. The topological polar surface area (TPSA) is 64.4 Å². The number of nitrogens with zero attached hydrogens (tertiary/aromatic N) is 1. The Balaban J connectivity index is 1.55. The van der Waals surface area contributed by atoms with Crippen molar-refractivity contribution in [1.29, 1.82) is 0 Å². The molecule has 0 atom stereocenters. The summed E-state index contributed by atoms with van der Waals surface area (Å²) < 4.78 is 11.0. The fourth-order valence-corrected chi connectivity index (χ4v) is 2.59. The van der Waals surface area contributed by atoms with Gasteiger partial charge < -0.3 is 14.5 Å². The molecule has 128 valence electrons. The Kier molecular flexibility index (Phi) is 4.11. The van der Waals surface area contributed by atoms with Crippen molar-refractivity contribution in [3.8, 4) is 11.5 Å². The van der Waals surface area contributed by atoms with Gasteiger partial charge in [0.1, 0.15) is 11.5 Å². The molecule has 0 aliphatic heterocycles. The SMILES string of the molecule is Cc1ccc2nc(Nc3ccc(Oc4ccccc4)cc3)oc(=O)c2c1. The van der Waals surface area contributed by atoms with Crippen LogP contribution in [0.3, 0.4) is 0 Å². The summed E-state index contributed by atoms with van der Waals surface area (Å²) in [6, 6.07) is 22.5. The van der Waals surface area contributed by atoms with Crippen LogP contribution in [-0.4, -0.2) is 4.98 Å². The first-order chi connectivity index (χ1) is 12.7. The van der Waals surface area contributed by atoms with Gasteiger partial charge in [0.05, 0.1) is 10.9 Å². The third-order valence-electron chi connectivity index (χ3n) is 3.87. The second-order valence-corrected chi connectivity index (χ2v) is 5.89. The molecule has 0 bridgehead atoms. The lowest BCUT2D eigenvalue weighted by atomic mass is 10.2. The molecule has 5 heteroatoms. The molecule has 0 spiro atoms. The van der Waals surface area contributed by atoms with Crippen LogP contribution in [0.5, 0.6) is 11.5 Å². The number of nitrogens with one attached hydrogen (secondary N) is 1. The highest BCUT2D eigenvalue weighted by atomic mass is 16.5. The Morgan fingerprint density at radius 2 is 1.65 bits per heavy atom. The fourth-order valence-electron chi connectivity index (χ4n) is 2.59. The van der Waals surface area contributed by atoms with Crippen molar-refractivity contribution >= 4 is 22.6 Å². The van der Waals surface area contributed by atoms with E-state index in [9.17, 15) is 4.79 Å². The number of aromatic nitrogens is 1. The van der Waals surface area contributed by atoms with E-state index < -0.39 is 5.63 Å². The molecule has 26 heavy (non-hydrogen) atoms. The van der Waals surface area contributed by atoms with Gasteiger partial charge in [-0.3, -0.25) is 0 Å². The predicted octanol–water partition coefficient (Wildman–Crippen LogP) is 5.03. The van der Waals surface area contributed by atoms with Crippen LogP contribution in [0.1, 0.15) is 5.56 Å². The maximum atomic E-state index is 12.1. The van der Waals surface area contributed by atoms with Gasteiger partial charge in [-0.1, -0.05) is 29.8 Å². The molecule has 0 amide bonds. The molecule has 5 nitrogen and oxygen atoms in total. The molecule has 1 heterocycles. The van der Waals surface area contributed by atoms with Gasteiger partial charge in [-0.2, -0.15) is 4.98 Å². The van der Waals surface area contributed by atoms with Crippen molar-refractivity contribution < 1.29 is 9.15 Å². The molecule has 0 aliphatic rings. The number of benzene rings is 3. The zero-order valence-corrected chi connectivity index (χ0v) is 14.1. The summed E-state index contributed by atoms with van der Waals surface area (Å²) in [5, 5.41) is 3.48. The molecular weight excluding hydrogens is 328 g/mol. The highest BCUT2D eigenvalue weighted by Gasteiger charge is 2.07. The standard InChI is InChI=1S/C21H16N2O3/c1-14-7-12-19-18(13-14)20(24)26-21(23-19)22-15-8-10-17(11-9-15)25-16-5-3-2-4-6-16/h2-13H,1H3,(H,22,23). The molecule has 0 saturated carbocycles. The summed E-state index contributed by atoms with van der Waals surface area (Å²) >= 11 is 0. The lowest BCUT2D eigenvalue weighted by Gasteiger charge is -2.08. The summed E-state index contributed by atoms with van der Waals surface area (Å²) in [4.78, 5) is 16.5. The van der Waals surface area contributed by atoms with Gasteiger partial charge in [0, 0.05) is 5.69 Å². The number of fused-ring (bicyclic) bond motifs is 1. The average molecular weight is 344 g/mol. The minimum absolute atomic E-state index is 0.156. The van der Waals surface area contributed by atoms with Crippen LogP contribution in [0, 0.1) is 6.92 Å². The van der Waals surface area contributed by atoms with E-state index in [1.165, 1.54) is 0 Å². The van der Waals surface area contributed by atoms with E-state index in [1.54, 1.807) is 6.07 Å². The highest BCUT2D eigenvalue weighted by Crippen LogP contribution is 2.24. The van der Waals surface area contributed by atoms with Crippen LogP contribution in [-0.2, 0) is 0 Å². The molecule has 0 saturated heterocycles. The number of aryl methyl sites for hydroxylation is 1. The first-order valence-corrected chi connectivity index (χ1v) is 8.19.